The average molecular weight is 279 g/mol. The van der Waals surface area contributed by atoms with Gasteiger partial charge in [0.25, 0.3) is 0 Å². The third-order valence-electron chi connectivity index (χ3n) is 3.53. The second-order valence-corrected chi connectivity index (χ2v) is 5.05. The average Bonchev–Trinajstić information content (AvgIpc) is 2.48. The second-order valence-electron chi connectivity index (χ2n) is 5.05. The molecule has 0 bridgehead atoms. The van der Waals surface area contributed by atoms with Gasteiger partial charge in [-0.3, -0.25) is 0 Å². The quantitative estimate of drug-likeness (QED) is 0.705. The maximum Gasteiger partial charge on any atom is 0.224 e. The fourth-order valence-corrected chi connectivity index (χ4v) is 2.38. The molecule has 0 amide bonds. The standard InChI is InChI=1S/C16H17N5/c1-9-4-5-12(17)7-13(9)14-6-11-8-19-16(18-3)21-15(11)20-10(14)2/h4-8H,17H2,1-3H3,(H,18,19,20,21). The van der Waals surface area contributed by atoms with Gasteiger partial charge in [-0.1, -0.05) is 6.07 Å². The van der Waals surface area contributed by atoms with E-state index in [-0.39, 0.29) is 0 Å². The molecule has 0 aliphatic rings. The van der Waals surface area contributed by atoms with Gasteiger partial charge in [-0.2, -0.15) is 4.98 Å². The van der Waals surface area contributed by atoms with Crippen LogP contribution in [0.1, 0.15) is 11.3 Å². The SMILES string of the molecule is CNc1ncc2cc(-c3cc(N)ccc3C)c(C)nc2n1. The summed E-state index contributed by atoms with van der Waals surface area (Å²) in [6, 6.07) is 7.98. The number of nitrogens with two attached hydrogens (primary N) is 1. The van der Waals surface area contributed by atoms with E-state index in [2.05, 4.69) is 33.3 Å². The molecule has 0 unspecified atom stereocenters. The highest BCUT2D eigenvalue weighted by Crippen LogP contribution is 2.29. The molecule has 0 spiro atoms. The monoisotopic (exact) mass is 279 g/mol. The topological polar surface area (TPSA) is 76.7 Å². The molecule has 0 aliphatic heterocycles. The van der Waals surface area contributed by atoms with Gasteiger partial charge < -0.3 is 11.1 Å². The summed E-state index contributed by atoms with van der Waals surface area (Å²) < 4.78 is 0. The molecular formula is C16H17N5. The Kier molecular flexibility index (Phi) is 3.17. The summed E-state index contributed by atoms with van der Waals surface area (Å²) in [6.07, 6.45) is 1.78. The predicted octanol–water partition coefficient (Wildman–Crippen LogP) is 2.93. The number of aromatic nitrogens is 3. The lowest BCUT2D eigenvalue weighted by Crippen LogP contribution is -1.99. The van der Waals surface area contributed by atoms with Crippen LogP contribution in [-0.4, -0.2) is 22.0 Å². The molecule has 5 nitrogen and oxygen atoms in total. The van der Waals surface area contributed by atoms with E-state index in [0.717, 1.165) is 27.9 Å². The number of benzene rings is 1. The molecular weight excluding hydrogens is 262 g/mol. The molecule has 2 aromatic heterocycles. The van der Waals surface area contributed by atoms with Gasteiger partial charge in [0, 0.05) is 35.6 Å². The van der Waals surface area contributed by atoms with Crippen LogP contribution < -0.4 is 11.1 Å². The molecule has 0 aliphatic carbocycles. The van der Waals surface area contributed by atoms with Crippen molar-refractivity contribution < 1.29 is 0 Å². The van der Waals surface area contributed by atoms with E-state index < -0.39 is 0 Å². The number of nitrogens with one attached hydrogen (secondary N) is 1. The zero-order valence-corrected chi connectivity index (χ0v) is 12.3. The molecule has 0 radical (unpaired) electrons. The molecule has 0 saturated heterocycles. The molecule has 3 N–H and O–H groups in total. The minimum absolute atomic E-state index is 0.572. The maximum absolute atomic E-state index is 5.91. The Labute approximate surface area is 123 Å². The lowest BCUT2D eigenvalue weighted by Gasteiger charge is -2.11. The molecule has 0 atom stereocenters. The first-order chi connectivity index (χ1) is 10.1. The molecule has 2 heterocycles. The Balaban J connectivity index is 2.24. The fraction of sp³-hybridized carbons (Fsp3) is 0.188. The summed E-state index contributed by atoms with van der Waals surface area (Å²) in [5, 5.41) is 3.84. The van der Waals surface area contributed by atoms with Crippen molar-refractivity contribution in [3.05, 3.63) is 41.7 Å². The van der Waals surface area contributed by atoms with Crippen LogP contribution >= 0.6 is 0 Å². The minimum Gasteiger partial charge on any atom is -0.399 e. The Morgan fingerprint density at radius 3 is 2.62 bits per heavy atom. The lowest BCUT2D eigenvalue weighted by atomic mass is 9.98. The van der Waals surface area contributed by atoms with E-state index in [1.54, 1.807) is 13.2 Å². The number of nitrogen functional groups attached to an aromatic ring is 1. The van der Waals surface area contributed by atoms with Crippen molar-refractivity contribution in [1.82, 2.24) is 15.0 Å². The predicted molar refractivity (Wildman–Crippen MR) is 86.2 cm³/mol. The van der Waals surface area contributed by atoms with Gasteiger partial charge in [0.05, 0.1) is 0 Å². The lowest BCUT2D eigenvalue weighted by molar-refractivity contribution is 1.14. The summed E-state index contributed by atoms with van der Waals surface area (Å²) in [4.78, 5) is 13.2. The van der Waals surface area contributed by atoms with Gasteiger partial charge in [0.1, 0.15) is 0 Å². The van der Waals surface area contributed by atoms with E-state index in [1.165, 1.54) is 5.56 Å². The first-order valence-electron chi connectivity index (χ1n) is 6.77. The highest BCUT2D eigenvalue weighted by molar-refractivity contribution is 5.84. The molecule has 0 saturated carbocycles. The molecule has 3 rings (SSSR count). The van der Waals surface area contributed by atoms with E-state index in [1.807, 2.05) is 25.1 Å². The smallest absolute Gasteiger partial charge is 0.224 e. The van der Waals surface area contributed by atoms with Crippen molar-refractivity contribution >= 4 is 22.7 Å². The Bertz CT molecular complexity index is 826. The van der Waals surface area contributed by atoms with Crippen molar-refractivity contribution in [1.29, 1.82) is 0 Å². The van der Waals surface area contributed by atoms with Gasteiger partial charge in [-0.25, -0.2) is 9.97 Å². The van der Waals surface area contributed by atoms with E-state index >= 15 is 0 Å². The summed E-state index contributed by atoms with van der Waals surface area (Å²) >= 11 is 0. The van der Waals surface area contributed by atoms with Crippen LogP contribution in [0.15, 0.2) is 30.5 Å². The molecule has 1 aromatic carbocycles. The molecule has 5 heteroatoms. The van der Waals surface area contributed by atoms with Gasteiger partial charge in [-0.15, -0.1) is 0 Å². The van der Waals surface area contributed by atoms with Crippen LogP contribution in [0.4, 0.5) is 11.6 Å². The van der Waals surface area contributed by atoms with Gasteiger partial charge in [0.15, 0.2) is 5.65 Å². The van der Waals surface area contributed by atoms with Crippen LogP contribution in [-0.2, 0) is 0 Å². The van der Waals surface area contributed by atoms with Crippen molar-refractivity contribution in [3.8, 4) is 11.1 Å². The normalized spacial score (nSPS) is 10.8. The first kappa shape index (κ1) is 13.3. The third kappa shape index (κ3) is 2.38. The van der Waals surface area contributed by atoms with E-state index in [9.17, 15) is 0 Å². The largest absolute Gasteiger partial charge is 0.399 e. The van der Waals surface area contributed by atoms with Crippen LogP contribution in [0.25, 0.3) is 22.2 Å². The highest BCUT2D eigenvalue weighted by atomic mass is 15.1. The van der Waals surface area contributed by atoms with Gasteiger partial charge in [0.2, 0.25) is 5.95 Å². The van der Waals surface area contributed by atoms with Crippen LogP contribution in [0, 0.1) is 13.8 Å². The first-order valence-corrected chi connectivity index (χ1v) is 6.77. The third-order valence-corrected chi connectivity index (χ3v) is 3.53. The van der Waals surface area contributed by atoms with Crippen molar-refractivity contribution in [2.24, 2.45) is 0 Å². The van der Waals surface area contributed by atoms with Crippen molar-refractivity contribution in [3.63, 3.8) is 0 Å². The summed E-state index contributed by atoms with van der Waals surface area (Å²) in [6.45, 7) is 4.05. The summed E-state index contributed by atoms with van der Waals surface area (Å²) in [5.41, 5.74) is 11.6. The van der Waals surface area contributed by atoms with Crippen molar-refractivity contribution in [2.75, 3.05) is 18.1 Å². The number of anilines is 2. The van der Waals surface area contributed by atoms with E-state index in [0.29, 0.717) is 11.6 Å². The van der Waals surface area contributed by atoms with Crippen LogP contribution in [0.5, 0.6) is 0 Å². The number of aryl methyl sites for hydroxylation is 2. The molecule has 3 aromatic rings. The number of hydrogen-bond donors (Lipinski definition) is 2. The maximum atomic E-state index is 5.91. The Morgan fingerprint density at radius 2 is 1.86 bits per heavy atom. The summed E-state index contributed by atoms with van der Waals surface area (Å²) in [5.74, 6) is 0.572. The van der Waals surface area contributed by atoms with Crippen LogP contribution in [0.3, 0.4) is 0 Å². The summed E-state index contributed by atoms with van der Waals surface area (Å²) in [7, 11) is 1.79. The Morgan fingerprint density at radius 1 is 1.05 bits per heavy atom. The molecule has 0 fully saturated rings. The fourth-order valence-electron chi connectivity index (χ4n) is 2.38. The molecule has 21 heavy (non-hydrogen) atoms. The zero-order chi connectivity index (χ0) is 15.0. The second kappa shape index (κ2) is 5.01. The number of nitrogens with zero attached hydrogens (tertiary/aromatic N) is 3. The number of hydrogen-bond acceptors (Lipinski definition) is 5. The number of fused-ring (bicyclic) bond motifs is 1. The number of pyridine rings is 1. The Hall–Kier alpha value is -2.69. The van der Waals surface area contributed by atoms with Crippen molar-refractivity contribution in [2.45, 2.75) is 13.8 Å². The molecule has 106 valence electrons. The van der Waals surface area contributed by atoms with Gasteiger partial charge >= 0.3 is 0 Å². The number of rotatable bonds is 2. The minimum atomic E-state index is 0.572. The van der Waals surface area contributed by atoms with Crippen LogP contribution in [0.2, 0.25) is 0 Å². The zero-order valence-electron chi connectivity index (χ0n) is 12.3. The van der Waals surface area contributed by atoms with Gasteiger partial charge in [-0.05, 0) is 43.2 Å². The highest BCUT2D eigenvalue weighted by Gasteiger charge is 2.10. The van der Waals surface area contributed by atoms with E-state index in [4.69, 9.17) is 5.73 Å².